The van der Waals surface area contributed by atoms with Crippen LogP contribution >= 0.6 is 0 Å². The molecule has 0 unspecified atom stereocenters. The number of carbonyl (C=O) groups is 1. The Bertz CT molecular complexity index is 1250. The quantitative estimate of drug-likeness (QED) is 0.467. The fourth-order valence-electron chi connectivity index (χ4n) is 2.70. The van der Waals surface area contributed by atoms with E-state index in [1.807, 2.05) is 0 Å². The number of fused-ring (bicyclic) bond motifs is 1. The number of aromatic amines is 1. The molecule has 3 rings (SSSR count). The number of hydrogen-bond acceptors (Lipinski definition) is 5. The van der Waals surface area contributed by atoms with Gasteiger partial charge in [-0.15, -0.1) is 0 Å². The van der Waals surface area contributed by atoms with Crippen molar-refractivity contribution >= 4 is 32.6 Å². The predicted octanol–water partition coefficient (Wildman–Crippen LogP) is 3.82. The van der Waals surface area contributed by atoms with Gasteiger partial charge in [-0.2, -0.15) is 13.2 Å². The van der Waals surface area contributed by atoms with E-state index in [-0.39, 0.29) is 23.6 Å². The van der Waals surface area contributed by atoms with Crippen molar-refractivity contribution < 1.29 is 39.9 Å². The summed E-state index contributed by atoms with van der Waals surface area (Å²) in [7, 11) is -3.32. The first kappa shape index (κ1) is 23.2. The van der Waals surface area contributed by atoms with E-state index in [4.69, 9.17) is 4.74 Å². The molecule has 2 aromatic heterocycles. The molecule has 0 atom stereocenters. The molecule has 2 amide bonds. The fourth-order valence-corrected chi connectivity index (χ4v) is 3.17. The number of H-pyrrole nitrogens is 1. The maximum atomic E-state index is 14.5. The van der Waals surface area contributed by atoms with Crippen molar-refractivity contribution in [1.82, 2.24) is 15.3 Å². The highest BCUT2D eigenvalue weighted by Crippen LogP contribution is 2.40. The summed E-state index contributed by atoms with van der Waals surface area (Å²) >= 11 is 0. The highest BCUT2D eigenvalue weighted by atomic mass is 32.2. The number of ether oxygens (including phenoxy) is 1. The summed E-state index contributed by atoms with van der Waals surface area (Å²) in [6.45, 7) is -0.229. The Kier molecular flexibility index (Phi) is 6.25. The molecule has 0 spiro atoms. The van der Waals surface area contributed by atoms with Crippen molar-refractivity contribution in [2.45, 2.75) is 6.18 Å². The van der Waals surface area contributed by atoms with Crippen LogP contribution in [0.4, 0.5) is 32.4 Å². The second-order valence-corrected chi connectivity index (χ2v) is 8.87. The third kappa shape index (κ3) is 5.43. The zero-order chi connectivity index (χ0) is 23.7. The summed E-state index contributed by atoms with van der Waals surface area (Å²) in [5, 5.41) is 3.80. The van der Waals surface area contributed by atoms with Crippen molar-refractivity contribution in [2.24, 2.45) is 0 Å². The van der Waals surface area contributed by atoms with E-state index in [9.17, 15) is 35.2 Å². The first-order valence-corrected chi connectivity index (χ1v) is 10.8. The first-order chi connectivity index (χ1) is 14.8. The SMILES string of the molecule is CS(=O)(=O)CCNC(=O)Nc1cc(F)c(Oc2ccnc3[nH]cc(C(F)(F)F)c23)c(F)c1. The smallest absolute Gasteiger partial charge is 0.418 e. The van der Waals surface area contributed by atoms with Crippen molar-refractivity contribution in [3.8, 4) is 11.5 Å². The number of anilines is 1. The maximum Gasteiger partial charge on any atom is 0.418 e. The molecule has 3 N–H and O–H groups in total. The third-order valence-electron chi connectivity index (χ3n) is 4.07. The van der Waals surface area contributed by atoms with Gasteiger partial charge >= 0.3 is 12.2 Å². The van der Waals surface area contributed by atoms with Crippen LogP contribution in [0.5, 0.6) is 11.5 Å². The van der Waals surface area contributed by atoms with Gasteiger partial charge in [-0.1, -0.05) is 0 Å². The van der Waals surface area contributed by atoms with E-state index >= 15 is 0 Å². The van der Waals surface area contributed by atoms with Crippen LogP contribution < -0.4 is 15.4 Å². The van der Waals surface area contributed by atoms with Crippen LogP contribution in [0, 0.1) is 11.6 Å². The average Bonchev–Trinajstić information content (AvgIpc) is 3.09. The van der Waals surface area contributed by atoms with Gasteiger partial charge in [0.25, 0.3) is 0 Å². The minimum Gasteiger partial charge on any atom is -0.450 e. The second kappa shape index (κ2) is 8.61. The summed E-state index contributed by atoms with van der Waals surface area (Å²) in [5.41, 5.74) is -1.65. The summed E-state index contributed by atoms with van der Waals surface area (Å²) < 4.78 is 95.8. The van der Waals surface area contributed by atoms with Gasteiger partial charge in [0.15, 0.2) is 17.4 Å². The lowest BCUT2D eigenvalue weighted by molar-refractivity contribution is -0.136. The van der Waals surface area contributed by atoms with Crippen LogP contribution in [0.25, 0.3) is 11.0 Å². The molecule has 32 heavy (non-hydrogen) atoms. The van der Waals surface area contributed by atoms with Gasteiger partial charge in [-0.3, -0.25) is 0 Å². The Morgan fingerprint density at radius 3 is 2.47 bits per heavy atom. The van der Waals surface area contributed by atoms with Crippen LogP contribution in [0.15, 0.2) is 30.6 Å². The Morgan fingerprint density at radius 2 is 1.88 bits per heavy atom. The minimum atomic E-state index is -4.77. The Balaban J connectivity index is 1.82. The molecule has 1 aromatic carbocycles. The summed E-state index contributed by atoms with van der Waals surface area (Å²) in [4.78, 5) is 17.8. The zero-order valence-electron chi connectivity index (χ0n) is 16.2. The molecule has 0 fully saturated rings. The molecule has 0 saturated carbocycles. The van der Waals surface area contributed by atoms with Gasteiger partial charge in [0.1, 0.15) is 21.2 Å². The number of nitrogens with zero attached hydrogens (tertiary/aromatic N) is 1. The van der Waals surface area contributed by atoms with Gasteiger partial charge in [-0.25, -0.2) is 27.0 Å². The van der Waals surface area contributed by atoms with E-state index in [2.05, 4.69) is 20.6 Å². The zero-order valence-corrected chi connectivity index (χ0v) is 17.0. The molecule has 2 heterocycles. The molecule has 0 bridgehead atoms. The lowest BCUT2D eigenvalue weighted by Gasteiger charge is -2.13. The van der Waals surface area contributed by atoms with Crippen molar-refractivity contribution in [1.29, 1.82) is 0 Å². The van der Waals surface area contributed by atoms with Crippen LogP contribution in [-0.2, 0) is 16.0 Å². The van der Waals surface area contributed by atoms with E-state index in [0.717, 1.165) is 18.5 Å². The Hall–Kier alpha value is -3.42. The number of rotatable bonds is 6. The standard InChI is InChI=1S/C18H15F5N4O4S/c1-32(29,30)5-4-25-17(28)27-9-6-11(19)15(12(20)7-9)31-13-2-3-24-16-14(13)10(8-26-16)18(21,22)23/h2-3,6-8H,4-5H2,1H3,(H,24,26)(H2,25,27,28). The van der Waals surface area contributed by atoms with Gasteiger partial charge < -0.3 is 20.4 Å². The molecule has 8 nitrogen and oxygen atoms in total. The molecule has 172 valence electrons. The van der Waals surface area contributed by atoms with Crippen LogP contribution in [0.1, 0.15) is 5.56 Å². The third-order valence-corrected chi connectivity index (χ3v) is 5.01. The summed E-state index contributed by atoms with van der Waals surface area (Å²) in [6, 6.07) is 1.48. The number of hydrogen-bond donors (Lipinski definition) is 3. The molecule has 0 saturated heterocycles. The first-order valence-electron chi connectivity index (χ1n) is 8.78. The largest absolute Gasteiger partial charge is 0.450 e. The Morgan fingerprint density at radius 1 is 1.22 bits per heavy atom. The van der Waals surface area contributed by atoms with E-state index in [1.54, 1.807) is 0 Å². The number of pyridine rings is 1. The topological polar surface area (TPSA) is 113 Å². The van der Waals surface area contributed by atoms with Crippen LogP contribution in [0.2, 0.25) is 0 Å². The molecule has 0 radical (unpaired) electrons. The van der Waals surface area contributed by atoms with Crippen molar-refractivity contribution in [3.63, 3.8) is 0 Å². The number of urea groups is 1. The number of aromatic nitrogens is 2. The molecule has 3 aromatic rings. The maximum absolute atomic E-state index is 14.5. The predicted molar refractivity (Wildman–Crippen MR) is 104 cm³/mol. The molecule has 0 aliphatic rings. The molecule has 0 aliphatic heterocycles. The van der Waals surface area contributed by atoms with E-state index in [0.29, 0.717) is 18.3 Å². The summed E-state index contributed by atoms with van der Waals surface area (Å²) in [5.74, 6) is -4.42. The highest BCUT2D eigenvalue weighted by molar-refractivity contribution is 7.90. The van der Waals surface area contributed by atoms with Gasteiger partial charge in [0, 0.05) is 43.0 Å². The molecule has 14 heteroatoms. The van der Waals surface area contributed by atoms with Crippen molar-refractivity contribution in [2.75, 3.05) is 23.9 Å². The highest BCUT2D eigenvalue weighted by Gasteiger charge is 2.35. The average molecular weight is 478 g/mol. The van der Waals surface area contributed by atoms with Crippen LogP contribution in [-0.4, -0.2) is 43.0 Å². The van der Waals surface area contributed by atoms with Gasteiger partial charge in [0.2, 0.25) is 0 Å². The second-order valence-electron chi connectivity index (χ2n) is 6.61. The van der Waals surface area contributed by atoms with Crippen LogP contribution in [0.3, 0.4) is 0 Å². The normalized spacial score (nSPS) is 12.1. The number of nitrogens with one attached hydrogen (secondary N) is 3. The number of carbonyl (C=O) groups excluding carboxylic acids is 1. The lowest BCUT2D eigenvalue weighted by atomic mass is 10.2. The fraction of sp³-hybridized carbons (Fsp3) is 0.222. The number of halogens is 5. The van der Waals surface area contributed by atoms with Gasteiger partial charge in [0.05, 0.1) is 16.7 Å². The number of amides is 2. The summed E-state index contributed by atoms with van der Waals surface area (Å²) in [6.07, 6.45) is -2.04. The number of alkyl halides is 3. The number of benzene rings is 1. The van der Waals surface area contributed by atoms with E-state index in [1.165, 1.54) is 0 Å². The van der Waals surface area contributed by atoms with E-state index < -0.39 is 56.1 Å². The molecular weight excluding hydrogens is 463 g/mol. The van der Waals surface area contributed by atoms with Crippen molar-refractivity contribution in [3.05, 3.63) is 47.8 Å². The van der Waals surface area contributed by atoms with Gasteiger partial charge in [-0.05, 0) is 6.07 Å². The lowest BCUT2D eigenvalue weighted by Crippen LogP contribution is -2.32. The number of sulfone groups is 1. The molecule has 0 aliphatic carbocycles. The molecular formula is C18H15F5N4O4S. The Labute approximate surface area is 177 Å². The minimum absolute atomic E-state index is 0.195. The monoisotopic (exact) mass is 478 g/mol.